The zero-order valence-corrected chi connectivity index (χ0v) is 16.1. The molecule has 0 bridgehead atoms. The van der Waals surface area contributed by atoms with Gasteiger partial charge in [-0.25, -0.2) is 0 Å². The number of amides is 2. The second-order valence-electron chi connectivity index (χ2n) is 7.56. The van der Waals surface area contributed by atoms with Crippen molar-refractivity contribution in [2.24, 2.45) is 0 Å². The van der Waals surface area contributed by atoms with Crippen LogP contribution in [0, 0.1) is 0 Å². The predicted octanol–water partition coefficient (Wildman–Crippen LogP) is 2.32. The number of carbonyl (C=O) groups is 2. The highest BCUT2D eigenvalue weighted by atomic mass is 16.5. The molecule has 0 unspecified atom stereocenters. The monoisotopic (exact) mass is 384 g/mol. The Balaban J connectivity index is 1.45. The standard InChI is InChI=1S/C20H24N4O4/c1-13(2)19-21-20(28-22-19)14-6-5-9-23(10-14)17(25)11-24-15-7-3-4-8-16(15)27-12-18(24)26/h3-4,7-8,13-14H,5-6,9-12H2,1-2H3/t14-/m1/s1. The van der Waals surface area contributed by atoms with Gasteiger partial charge in [0.1, 0.15) is 12.3 Å². The Morgan fingerprint density at radius 2 is 2.14 bits per heavy atom. The Morgan fingerprint density at radius 3 is 2.93 bits per heavy atom. The smallest absolute Gasteiger partial charge is 0.265 e. The molecule has 0 spiro atoms. The summed E-state index contributed by atoms with van der Waals surface area (Å²) in [4.78, 5) is 33.0. The molecule has 1 fully saturated rings. The number of carbonyl (C=O) groups excluding carboxylic acids is 2. The van der Waals surface area contributed by atoms with E-state index in [0.717, 1.165) is 12.8 Å². The van der Waals surface area contributed by atoms with Gasteiger partial charge in [0.2, 0.25) is 11.8 Å². The molecule has 148 valence electrons. The molecule has 2 aliphatic heterocycles. The summed E-state index contributed by atoms with van der Waals surface area (Å²) in [5.41, 5.74) is 0.638. The summed E-state index contributed by atoms with van der Waals surface area (Å²) < 4.78 is 10.9. The summed E-state index contributed by atoms with van der Waals surface area (Å²) in [6.45, 7) is 5.18. The minimum Gasteiger partial charge on any atom is -0.482 e. The third-order valence-corrected chi connectivity index (χ3v) is 5.20. The van der Waals surface area contributed by atoms with E-state index in [4.69, 9.17) is 9.26 Å². The number of fused-ring (bicyclic) bond motifs is 1. The van der Waals surface area contributed by atoms with Crippen molar-refractivity contribution in [1.29, 1.82) is 0 Å². The Labute approximate surface area is 163 Å². The maximum absolute atomic E-state index is 12.9. The molecular weight excluding hydrogens is 360 g/mol. The lowest BCUT2D eigenvalue weighted by Crippen LogP contribution is -2.48. The molecule has 2 amide bonds. The summed E-state index contributed by atoms with van der Waals surface area (Å²) >= 11 is 0. The van der Waals surface area contributed by atoms with Gasteiger partial charge >= 0.3 is 0 Å². The van der Waals surface area contributed by atoms with Gasteiger partial charge in [-0.15, -0.1) is 0 Å². The van der Waals surface area contributed by atoms with E-state index in [9.17, 15) is 9.59 Å². The van der Waals surface area contributed by atoms with Gasteiger partial charge in [-0.3, -0.25) is 14.5 Å². The van der Waals surface area contributed by atoms with Crippen molar-refractivity contribution >= 4 is 17.5 Å². The van der Waals surface area contributed by atoms with Crippen LogP contribution in [0.15, 0.2) is 28.8 Å². The lowest BCUT2D eigenvalue weighted by atomic mass is 9.98. The van der Waals surface area contributed by atoms with Crippen molar-refractivity contribution in [1.82, 2.24) is 15.0 Å². The van der Waals surface area contributed by atoms with Gasteiger partial charge in [0.25, 0.3) is 5.91 Å². The number of aromatic nitrogens is 2. The number of benzene rings is 1. The van der Waals surface area contributed by atoms with E-state index < -0.39 is 0 Å². The van der Waals surface area contributed by atoms with Crippen molar-refractivity contribution < 1.29 is 18.8 Å². The summed E-state index contributed by atoms with van der Waals surface area (Å²) in [5.74, 6) is 1.84. The molecule has 8 heteroatoms. The fraction of sp³-hybridized carbons (Fsp3) is 0.500. The minimum atomic E-state index is -0.209. The van der Waals surface area contributed by atoms with E-state index in [0.29, 0.717) is 36.2 Å². The van der Waals surface area contributed by atoms with Crippen molar-refractivity contribution in [2.45, 2.75) is 38.5 Å². The minimum absolute atomic E-state index is 0.00695. The van der Waals surface area contributed by atoms with Gasteiger partial charge in [0.05, 0.1) is 11.6 Å². The SMILES string of the molecule is CC(C)c1noc([C@@H]2CCCN(C(=O)CN3C(=O)COc4ccccc43)C2)n1. The highest BCUT2D eigenvalue weighted by Crippen LogP contribution is 2.32. The number of ether oxygens (including phenoxy) is 1. The molecule has 2 aliphatic rings. The van der Waals surface area contributed by atoms with Gasteiger partial charge in [0.15, 0.2) is 12.4 Å². The number of likely N-dealkylation sites (tertiary alicyclic amines) is 1. The Hall–Kier alpha value is -2.90. The Kier molecular flexibility index (Phi) is 5.02. The molecule has 0 saturated carbocycles. The van der Waals surface area contributed by atoms with Crippen LogP contribution in [0.25, 0.3) is 0 Å². The van der Waals surface area contributed by atoms with E-state index in [1.54, 1.807) is 17.0 Å². The number of nitrogens with zero attached hydrogens (tertiary/aromatic N) is 4. The number of rotatable bonds is 4. The summed E-state index contributed by atoms with van der Waals surface area (Å²) in [6.07, 6.45) is 1.77. The Bertz CT molecular complexity index is 879. The maximum atomic E-state index is 12.9. The first-order valence-electron chi connectivity index (χ1n) is 9.66. The van der Waals surface area contributed by atoms with E-state index in [1.165, 1.54) is 4.90 Å². The molecule has 0 radical (unpaired) electrons. The third kappa shape index (κ3) is 3.58. The van der Waals surface area contributed by atoms with E-state index in [1.807, 2.05) is 26.0 Å². The maximum Gasteiger partial charge on any atom is 0.265 e. The average molecular weight is 384 g/mol. The van der Waals surface area contributed by atoms with Crippen LogP contribution in [0.3, 0.4) is 0 Å². The number of anilines is 1. The molecule has 2 aromatic rings. The lowest BCUT2D eigenvalue weighted by molar-refractivity contribution is -0.133. The first-order chi connectivity index (χ1) is 13.5. The predicted molar refractivity (Wildman–Crippen MR) is 101 cm³/mol. The van der Waals surface area contributed by atoms with Gasteiger partial charge in [0, 0.05) is 19.0 Å². The molecule has 0 aliphatic carbocycles. The first-order valence-corrected chi connectivity index (χ1v) is 9.66. The van der Waals surface area contributed by atoms with Gasteiger partial charge in [-0.2, -0.15) is 4.98 Å². The van der Waals surface area contributed by atoms with Crippen molar-refractivity contribution in [3.63, 3.8) is 0 Å². The lowest BCUT2D eigenvalue weighted by Gasteiger charge is -2.34. The van der Waals surface area contributed by atoms with E-state index >= 15 is 0 Å². The summed E-state index contributed by atoms with van der Waals surface area (Å²) in [6, 6.07) is 7.28. The topological polar surface area (TPSA) is 88.8 Å². The molecule has 1 saturated heterocycles. The molecule has 28 heavy (non-hydrogen) atoms. The quantitative estimate of drug-likeness (QED) is 0.804. The molecule has 8 nitrogen and oxygen atoms in total. The largest absolute Gasteiger partial charge is 0.482 e. The van der Waals surface area contributed by atoms with Crippen molar-refractivity contribution in [3.8, 4) is 5.75 Å². The van der Waals surface area contributed by atoms with Crippen LogP contribution in [0.4, 0.5) is 5.69 Å². The van der Waals surface area contributed by atoms with Crippen LogP contribution in [-0.2, 0) is 9.59 Å². The number of hydrogen-bond acceptors (Lipinski definition) is 6. The van der Waals surface area contributed by atoms with Crippen LogP contribution in [0.2, 0.25) is 0 Å². The average Bonchev–Trinajstić information content (AvgIpc) is 3.21. The van der Waals surface area contributed by atoms with E-state index in [-0.39, 0.29) is 36.8 Å². The van der Waals surface area contributed by atoms with Crippen LogP contribution in [0.1, 0.15) is 50.2 Å². The number of piperidine rings is 1. The number of para-hydroxylation sites is 2. The van der Waals surface area contributed by atoms with Crippen LogP contribution >= 0.6 is 0 Å². The second kappa shape index (κ2) is 7.61. The van der Waals surface area contributed by atoms with E-state index in [2.05, 4.69) is 10.1 Å². The van der Waals surface area contributed by atoms with Crippen molar-refractivity contribution in [3.05, 3.63) is 36.0 Å². The molecule has 3 heterocycles. The Morgan fingerprint density at radius 1 is 1.32 bits per heavy atom. The first kappa shape index (κ1) is 18.5. The molecule has 1 aromatic heterocycles. The zero-order chi connectivity index (χ0) is 19.7. The zero-order valence-electron chi connectivity index (χ0n) is 16.1. The fourth-order valence-corrected chi connectivity index (χ4v) is 3.62. The molecule has 4 rings (SSSR count). The van der Waals surface area contributed by atoms with Crippen LogP contribution in [0.5, 0.6) is 5.75 Å². The van der Waals surface area contributed by atoms with Crippen LogP contribution in [-0.4, -0.2) is 53.1 Å². The second-order valence-corrected chi connectivity index (χ2v) is 7.56. The van der Waals surface area contributed by atoms with Crippen molar-refractivity contribution in [2.75, 3.05) is 31.1 Å². The molecule has 0 N–H and O–H groups in total. The third-order valence-electron chi connectivity index (χ3n) is 5.20. The molecule has 1 atom stereocenters. The van der Waals surface area contributed by atoms with Gasteiger partial charge in [-0.05, 0) is 25.0 Å². The normalized spacial score (nSPS) is 19.5. The highest BCUT2D eigenvalue weighted by molar-refractivity contribution is 6.02. The fourth-order valence-electron chi connectivity index (χ4n) is 3.62. The highest BCUT2D eigenvalue weighted by Gasteiger charge is 2.32. The van der Waals surface area contributed by atoms with Crippen LogP contribution < -0.4 is 9.64 Å². The molecule has 1 aromatic carbocycles. The van der Waals surface area contributed by atoms with Gasteiger partial charge in [-0.1, -0.05) is 31.1 Å². The molecular formula is C20H24N4O4. The number of hydrogen-bond donors (Lipinski definition) is 0. The van der Waals surface area contributed by atoms with Gasteiger partial charge < -0.3 is 14.2 Å². The summed E-state index contributed by atoms with van der Waals surface area (Å²) in [7, 11) is 0. The summed E-state index contributed by atoms with van der Waals surface area (Å²) in [5, 5.41) is 4.03.